The Balaban J connectivity index is 2.01. The van der Waals surface area contributed by atoms with E-state index in [9.17, 15) is 38.4 Å². The number of aromatic amines is 1. The SMILES string of the molecule is CC(C)(NC(=O)[C@@H](N)Cc1cnc[nH]1)C(=O)C[C@@H](CCCCNC(=O)COCCOCCNC(=O)COCCOCCCC(=O)CCCCCCCCCCCCCCCCC(=O)O)C(=O)CCC(=O)O. The molecule has 0 fully saturated rings. The molecule has 0 aliphatic heterocycles. The van der Waals surface area contributed by atoms with Gasteiger partial charge in [0.15, 0.2) is 5.78 Å². The van der Waals surface area contributed by atoms with Crippen molar-refractivity contribution in [2.75, 3.05) is 65.9 Å². The van der Waals surface area contributed by atoms with Crippen molar-refractivity contribution in [1.29, 1.82) is 0 Å². The topological polar surface area (TPSA) is 305 Å². The summed E-state index contributed by atoms with van der Waals surface area (Å²) in [5.74, 6) is -4.24. The number of carboxylic acids is 2. The third-order valence-electron chi connectivity index (χ3n) is 11.9. The number of amides is 3. The minimum atomic E-state index is -1.33. The molecule has 1 rings (SSSR count). The number of aliphatic carboxylic acids is 2. The van der Waals surface area contributed by atoms with E-state index in [1.165, 1.54) is 78.0 Å². The van der Waals surface area contributed by atoms with Gasteiger partial charge >= 0.3 is 11.9 Å². The number of carbonyl (C=O) groups is 8. The lowest BCUT2D eigenvalue weighted by Gasteiger charge is -2.28. The van der Waals surface area contributed by atoms with Crippen LogP contribution in [-0.2, 0) is 63.7 Å². The molecule has 0 bridgehead atoms. The highest BCUT2D eigenvalue weighted by molar-refractivity contribution is 5.96. The zero-order chi connectivity index (χ0) is 52.4. The van der Waals surface area contributed by atoms with Crippen molar-refractivity contribution >= 4 is 47.0 Å². The van der Waals surface area contributed by atoms with Crippen molar-refractivity contribution in [3.05, 3.63) is 18.2 Å². The Labute approximate surface area is 421 Å². The van der Waals surface area contributed by atoms with Crippen LogP contribution in [0, 0.1) is 5.92 Å². The summed E-state index contributed by atoms with van der Waals surface area (Å²) in [5.41, 5.74) is 5.34. The fraction of sp³-hybridized carbons (Fsp3) is 0.784. The number of carbonyl (C=O) groups excluding carboxylic acids is 6. The van der Waals surface area contributed by atoms with E-state index >= 15 is 0 Å². The third kappa shape index (κ3) is 37.8. The highest BCUT2D eigenvalue weighted by atomic mass is 16.5. The van der Waals surface area contributed by atoms with Gasteiger partial charge in [0.1, 0.15) is 24.8 Å². The highest BCUT2D eigenvalue weighted by Crippen LogP contribution is 2.22. The molecule has 1 heterocycles. The maximum absolute atomic E-state index is 13.3. The molecule has 0 aromatic carbocycles. The Bertz CT molecular complexity index is 1640. The number of carboxylic acid groups (broad SMARTS) is 2. The van der Waals surface area contributed by atoms with E-state index in [-0.39, 0.29) is 102 Å². The summed E-state index contributed by atoms with van der Waals surface area (Å²) >= 11 is 0. The summed E-state index contributed by atoms with van der Waals surface area (Å²) in [6, 6.07) is -0.940. The van der Waals surface area contributed by atoms with Gasteiger partial charge in [0.2, 0.25) is 17.7 Å². The van der Waals surface area contributed by atoms with Gasteiger partial charge in [0.25, 0.3) is 0 Å². The van der Waals surface area contributed by atoms with E-state index < -0.39 is 41.1 Å². The smallest absolute Gasteiger partial charge is 0.303 e. The summed E-state index contributed by atoms with van der Waals surface area (Å²) < 4.78 is 21.7. The van der Waals surface area contributed by atoms with Crippen LogP contribution in [-0.4, -0.2) is 145 Å². The number of H-pyrrole nitrogens is 1. The van der Waals surface area contributed by atoms with Crippen molar-refractivity contribution < 1.29 is 67.5 Å². The van der Waals surface area contributed by atoms with Crippen LogP contribution in [0.1, 0.15) is 174 Å². The predicted molar refractivity (Wildman–Crippen MR) is 266 cm³/mol. The first-order valence-electron chi connectivity index (χ1n) is 26.0. The molecule has 20 nitrogen and oxygen atoms in total. The fourth-order valence-corrected chi connectivity index (χ4v) is 7.58. The molecule has 2 atom stereocenters. The fourth-order valence-electron chi connectivity index (χ4n) is 7.58. The molecule has 0 radical (unpaired) electrons. The van der Waals surface area contributed by atoms with Gasteiger partial charge in [-0.15, -0.1) is 0 Å². The van der Waals surface area contributed by atoms with Gasteiger partial charge in [-0.1, -0.05) is 83.5 Å². The first-order valence-corrected chi connectivity index (χ1v) is 26.0. The molecule has 0 aliphatic carbocycles. The average molecular weight is 1010 g/mol. The number of imidazole rings is 1. The molecule has 8 N–H and O–H groups in total. The molecule has 20 heteroatoms. The zero-order valence-corrected chi connectivity index (χ0v) is 42.9. The van der Waals surface area contributed by atoms with Gasteiger partial charge in [-0.2, -0.15) is 0 Å². The Kier molecular flexibility index (Phi) is 38.0. The average Bonchev–Trinajstić information content (AvgIpc) is 3.84. The number of Topliss-reactive ketones (excluding diaryl/α,β-unsaturated/α-hetero) is 3. The summed E-state index contributed by atoms with van der Waals surface area (Å²) in [4.78, 5) is 104. The van der Waals surface area contributed by atoms with Gasteiger partial charge in [-0.25, -0.2) is 4.98 Å². The Hall–Kier alpha value is -4.63. The quantitative estimate of drug-likeness (QED) is 0.0406. The van der Waals surface area contributed by atoms with Crippen molar-refractivity contribution in [3.8, 4) is 0 Å². The number of nitrogens with one attached hydrogen (secondary N) is 4. The summed E-state index contributed by atoms with van der Waals surface area (Å²) in [5, 5.41) is 25.8. The molecule has 0 spiro atoms. The van der Waals surface area contributed by atoms with Crippen LogP contribution in [0.3, 0.4) is 0 Å². The zero-order valence-electron chi connectivity index (χ0n) is 42.9. The number of hydrogen-bond donors (Lipinski definition) is 7. The van der Waals surface area contributed by atoms with Crippen LogP contribution in [0.5, 0.6) is 0 Å². The number of aromatic nitrogens is 2. The molecular weight excluding hydrogens is 921 g/mol. The monoisotopic (exact) mass is 1010 g/mol. The first kappa shape index (κ1) is 64.4. The second-order valence-electron chi connectivity index (χ2n) is 18.7. The molecule has 0 saturated carbocycles. The minimum absolute atomic E-state index is 0.116. The molecule has 71 heavy (non-hydrogen) atoms. The molecule has 1 aromatic heterocycles. The van der Waals surface area contributed by atoms with Crippen molar-refractivity contribution in [1.82, 2.24) is 25.9 Å². The molecule has 406 valence electrons. The van der Waals surface area contributed by atoms with Crippen molar-refractivity contribution in [2.24, 2.45) is 11.7 Å². The molecule has 1 aromatic rings. The number of ketones is 3. The van der Waals surface area contributed by atoms with Crippen LogP contribution in [0.25, 0.3) is 0 Å². The van der Waals surface area contributed by atoms with E-state index in [1.54, 1.807) is 6.20 Å². The molecule has 0 aliphatic rings. The van der Waals surface area contributed by atoms with Gasteiger partial charge in [0, 0.05) is 76.0 Å². The van der Waals surface area contributed by atoms with Gasteiger partial charge < -0.3 is 55.8 Å². The lowest BCUT2D eigenvalue weighted by atomic mass is 9.84. The van der Waals surface area contributed by atoms with E-state index in [0.717, 1.165) is 32.1 Å². The van der Waals surface area contributed by atoms with Crippen molar-refractivity contribution in [3.63, 3.8) is 0 Å². The number of unbranched alkanes of at least 4 members (excludes halogenated alkanes) is 14. The molecule has 0 saturated heterocycles. The number of nitrogens with zero attached hydrogens (tertiary/aromatic N) is 1. The van der Waals surface area contributed by atoms with Crippen LogP contribution in [0.15, 0.2) is 12.5 Å². The lowest BCUT2D eigenvalue weighted by Crippen LogP contribution is -2.55. The predicted octanol–water partition coefficient (Wildman–Crippen LogP) is 5.33. The second kappa shape index (κ2) is 41.9. The third-order valence-corrected chi connectivity index (χ3v) is 11.9. The van der Waals surface area contributed by atoms with Crippen molar-refractivity contribution in [2.45, 2.75) is 186 Å². The second-order valence-corrected chi connectivity index (χ2v) is 18.7. The van der Waals surface area contributed by atoms with Gasteiger partial charge in [-0.05, 0) is 46.0 Å². The van der Waals surface area contributed by atoms with E-state index in [1.807, 2.05) is 0 Å². The van der Waals surface area contributed by atoms with Crippen LogP contribution >= 0.6 is 0 Å². The summed E-state index contributed by atoms with van der Waals surface area (Å²) in [7, 11) is 0. The first-order chi connectivity index (χ1) is 34.1. The van der Waals surface area contributed by atoms with Gasteiger partial charge in [0.05, 0.1) is 57.4 Å². The number of nitrogens with two attached hydrogens (primary N) is 1. The van der Waals surface area contributed by atoms with Crippen LogP contribution in [0.2, 0.25) is 0 Å². The van der Waals surface area contributed by atoms with Crippen LogP contribution in [0.4, 0.5) is 0 Å². The summed E-state index contributed by atoms with van der Waals surface area (Å²) in [6.07, 6.45) is 21.9. The Morgan fingerprint density at radius 1 is 0.606 bits per heavy atom. The Morgan fingerprint density at radius 2 is 1.11 bits per heavy atom. The molecule has 0 unspecified atom stereocenters. The van der Waals surface area contributed by atoms with Crippen LogP contribution < -0.4 is 21.7 Å². The molecular formula is C51H88N6O14. The van der Waals surface area contributed by atoms with Gasteiger partial charge in [-0.3, -0.25) is 38.4 Å². The normalized spacial score (nSPS) is 12.3. The highest BCUT2D eigenvalue weighted by Gasteiger charge is 2.34. The van der Waals surface area contributed by atoms with E-state index in [2.05, 4.69) is 25.9 Å². The van der Waals surface area contributed by atoms with E-state index in [0.29, 0.717) is 64.0 Å². The Morgan fingerprint density at radius 3 is 1.66 bits per heavy atom. The number of ether oxygens (including phenoxy) is 4. The number of hydrogen-bond acceptors (Lipinski definition) is 14. The maximum Gasteiger partial charge on any atom is 0.303 e. The number of rotatable bonds is 50. The largest absolute Gasteiger partial charge is 0.481 e. The minimum Gasteiger partial charge on any atom is -0.481 e. The lowest BCUT2D eigenvalue weighted by molar-refractivity contribution is -0.139. The standard InChI is InChI=1S/C51H88N6O14/c1-51(2,57-50(67)43(52)35-41-36-53-39-56-41)45(60)34-40(44(59)24-25-49(65)66)20-17-18-26-54-46(61)37-71-33-31-69-29-27-55-47(62)38-70-32-30-68-28-19-22-42(58)21-15-13-11-9-7-5-3-4-6-8-10-12-14-16-23-48(63)64/h36,39-40,43H,3-35,37-38,52H2,1-2H3,(H,53,56)(H,54,61)(H,55,62)(H,57,67)(H,63,64)(H,65,66)/t40-,43+/m1/s1. The maximum atomic E-state index is 13.3. The van der Waals surface area contributed by atoms with E-state index in [4.69, 9.17) is 34.9 Å². The molecule has 3 amide bonds. The summed E-state index contributed by atoms with van der Waals surface area (Å²) in [6.45, 7) is 4.98.